The Morgan fingerprint density at radius 3 is 1.48 bits per heavy atom. The summed E-state index contributed by atoms with van der Waals surface area (Å²) in [6.45, 7) is 1.53. The number of alkyl halides is 1. The number of aliphatic hydroxyl groups excluding tert-OH is 1. The fourth-order valence-electron chi connectivity index (χ4n) is 3.39. The first-order valence-corrected chi connectivity index (χ1v) is 9.89. The van der Waals surface area contributed by atoms with Crippen molar-refractivity contribution >= 4 is 11.6 Å². The van der Waals surface area contributed by atoms with Crippen LogP contribution in [0.2, 0.25) is 0 Å². The van der Waals surface area contributed by atoms with Gasteiger partial charge < -0.3 is 5.11 Å². The molecule has 0 fully saturated rings. The van der Waals surface area contributed by atoms with E-state index in [0.29, 0.717) is 0 Å². The van der Waals surface area contributed by atoms with Gasteiger partial charge >= 0.3 is 0 Å². The van der Waals surface area contributed by atoms with Crippen LogP contribution in [-0.4, -0.2) is 28.0 Å². The highest BCUT2D eigenvalue weighted by molar-refractivity contribution is 6.18. The second kappa shape index (κ2) is 10.3. The molecule has 0 heterocycles. The molecule has 0 aromatic heterocycles. The van der Waals surface area contributed by atoms with Crippen molar-refractivity contribution in [1.82, 2.24) is 4.90 Å². The number of benzene rings is 3. The molecule has 0 radical (unpaired) electrons. The van der Waals surface area contributed by atoms with Gasteiger partial charge in [-0.15, -0.1) is 11.6 Å². The molecule has 0 saturated carbocycles. The van der Waals surface area contributed by atoms with E-state index in [4.69, 9.17) is 11.6 Å². The topological polar surface area (TPSA) is 23.5 Å². The molecule has 140 valence electrons. The summed E-state index contributed by atoms with van der Waals surface area (Å²) in [6.07, 6.45) is 0.160. The van der Waals surface area contributed by atoms with Crippen LogP contribution in [0.5, 0.6) is 0 Å². The molecule has 2 nitrogen and oxygen atoms in total. The van der Waals surface area contributed by atoms with Crippen molar-refractivity contribution < 1.29 is 5.11 Å². The molecule has 0 aliphatic carbocycles. The van der Waals surface area contributed by atoms with E-state index in [2.05, 4.69) is 65.6 Å². The number of rotatable bonds is 9. The van der Waals surface area contributed by atoms with Crippen molar-refractivity contribution in [3.8, 4) is 0 Å². The van der Waals surface area contributed by atoms with Gasteiger partial charge in [-0.2, -0.15) is 0 Å². The molecule has 3 aromatic rings. The van der Waals surface area contributed by atoms with Crippen molar-refractivity contribution in [2.24, 2.45) is 0 Å². The summed E-state index contributed by atoms with van der Waals surface area (Å²) in [5.41, 5.74) is 3.67. The highest BCUT2D eigenvalue weighted by Crippen LogP contribution is 2.20. The van der Waals surface area contributed by atoms with Crippen LogP contribution in [-0.2, 0) is 19.5 Å². The average molecular weight is 380 g/mol. The summed E-state index contributed by atoms with van der Waals surface area (Å²) in [5, 5.41) is 10.7. The minimum Gasteiger partial charge on any atom is -0.390 e. The lowest BCUT2D eigenvalue weighted by Gasteiger charge is -2.35. The summed E-state index contributed by atoms with van der Waals surface area (Å²) in [5.74, 6) is 0.220. The van der Waals surface area contributed by atoms with Gasteiger partial charge in [0.25, 0.3) is 0 Å². The molecule has 0 bridgehead atoms. The largest absolute Gasteiger partial charge is 0.390 e. The highest BCUT2D eigenvalue weighted by atomic mass is 35.5. The van der Waals surface area contributed by atoms with Gasteiger partial charge in [-0.3, -0.25) is 4.90 Å². The van der Waals surface area contributed by atoms with Crippen molar-refractivity contribution in [1.29, 1.82) is 0 Å². The monoisotopic (exact) mass is 379 g/mol. The SMILES string of the molecule is OC(CCl)C(Cc1ccccc1)N(Cc1ccccc1)Cc1ccccc1. The first-order valence-electron chi connectivity index (χ1n) is 9.36. The third kappa shape index (κ3) is 5.93. The van der Waals surface area contributed by atoms with Crippen LogP contribution in [0.3, 0.4) is 0 Å². The first-order chi connectivity index (χ1) is 13.3. The van der Waals surface area contributed by atoms with Gasteiger partial charge in [-0.1, -0.05) is 91.0 Å². The maximum atomic E-state index is 10.7. The molecule has 2 atom stereocenters. The molecule has 0 amide bonds. The van der Waals surface area contributed by atoms with E-state index in [1.807, 2.05) is 30.3 Å². The Labute approximate surface area is 167 Å². The molecular formula is C24H26ClNO. The number of hydrogen-bond donors (Lipinski definition) is 1. The lowest BCUT2D eigenvalue weighted by atomic mass is 9.99. The summed E-state index contributed by atoms with van der Waals surface area (Å²) in [6, 6.07) is 31.0. The molecule has 0 aliphatic heterocycles. The van der Waals surface area contributed by atoms with Crippen LogP contribution in [0.15, 0.2) is 91.0 Å². The van der Waals surface area contributed by atoms with E-state index in [1.54, 1.807) is 0 Å². The van der Waals surface area contributed by atoms with Crippen molar-refractivity contribution in [2.75, 3.05) is 5.88 Å². The maximum absolute atomic E-state index is 10.7. The average Bonchev–Trinajstić information content (AvgIpc) is 2.73. The van der Waals surface area contributed by atoms with Crippen molar-refractivity contribution in [2.45, 2.75) is 31.7 Å². The number of aliphatic hydroxyl groups is 1. The summed E-state index contributed by atoms with van der Waals surface area (Å²) >= 11 is 6.09. The molecular weight excluding hydrogens is 354 g/mol. The molecule has 3 rings (SSSR count). The molecule has 0 saturated heterocycles. The van der Waals surface area contributed by atoms with Crippen LogP contribution in [0.25, 0.3) is 0 Å². The normalized spacial score (nSPS) is 13.4. The summed E-state index contributed by atoms with van der Waals surface area (Å²) in [7, 11) is 0. The first kappa shape index (κ1) is 19.6. The van der Waals surface area contributed by atoms with Crippen LogP contribution in [0.4, 0.5) is 0 Å². The zero-order valence-electron chi connectivity index (χ0n) is 15.4. The Morgan fingerprint density at radius 2 is 1.07 bits per heavy atom. The number of halogens is 1. The van der Waals surface area contributed by atoms with E-state index in [9.17, 15) is 5.11 Å². The van der Waals surface area contributed by atoms with E-state index < -0.39 is 6.10 Å². The lowest BCUT2D eigenvalue weighted by Crippen LogP contribution is -2.45. The minimum absolute atomic E-state index is 0.0645. The third-order valence-corrected chi connectivity index (χ3v) is 5.13. The molecule has 3 heteroatoms. The number of nitrogens with zero attached hydrogens (tertiary/aromatic N) is 1. The van der Waals surface area contributed by atoms with Crippen LogP contribution < -0.4 is 0 Å². The number of hydrogen-bond acceptors (Lipinski definition) is 2. The Morgan fingerprint density at radius 1 is 0.667 bits per heavy atom. The lowest BCUT2D eigenvalue weighted by molar-refractivity contribution is 0.0526. The van der Waals surface area contributed by atoms with Crippen LogP contribution >= 0.6 is 11.6 Å². The van der Waals surface area contributed by atoms with Gasteiger partial charge in [0.05, 0.1) is 6.10 Å². The summed E-state index contributed by atoms with van der Waals surface area (Å²) < 4.78 is 0. The zero-order chi connectivity index (χ0) is 18.9. The molecule has 27 heavy (non-hydrogen) atoms. The van der Waals surface area contributed by atoms with Gasteiger partial charge in [0.15, 0.2) is 0 Å². The predicted molar refractivity (Wildman–Crippen MR) is 113 cm³/mol. The standard InChI is InChI=1S/C24H26ClNO/c25-17-24(27)23(16-20-10-4-1-5-11-20)26(18-21-12-6-2-7-13-21)19-22-14-8-3-9-15-22/h1-15,23-24,27H,16-19H2. The van der Waals surface area contributed by atoms with Crippen molar-refractivity contribution in [3.05, 3.63) is 108 Å². The Bertz CT molecular complexity index is 738. The fourth-order valence-corrected chi connectivity index (χ4v) is 3.60. The van der Waals surface area contributed by atoms with Crippen LogP contribution in [0.1, 0.15) is 16.7 Å². The second-order valence-corrected chi connectivity index (χ2v) is 7.16. The predicted octanol–water partition coefficient (Wildman–Crippen LogP) is 4.90. The molecule has 0 aliphatic rings. The van der Waals surface area contributed by atoms with Crippen LogP contribution in [0, 0.1) is 0 Å². The maximum Gasteiger partial charge on any atom is 0.0833 e. The second-order valence-electron chi connectivity index (χ2n) is 6.85. The van der Waals surface area contributed by atoms with Gasteiger partial charge in [-0.25, -0.2) is 0 Å². The molecule has 1 N–H and O–H groups in total. The zero-order valence-corrected chi connectivity index (χ0v) is 16.2. The smallest absolute Gasteiger partial charge is 0.0833 e. The third-order valence-electron chi connectivity index (χ3n) is 4.82. The fraction of sp³-hybridized carbons (Fsp3) is 0.250. The molecule has 0 spiro atoms. The van der Waals surface area contributed by atoms with Gasteiger partial charge in [-0.05, 0) is 23.1 Å². The Balaban J connectivity index is 1.88. The molecule has 2 unspecified atom stereocenters. The van der Waals surface area contributed by atoms with Crippen molar-refractivity contribution in [3.63, 3.8) is 0 Å². The molecule has 3 aromatic carbocycles. The van der Waals surface area contributed by atoms with E-state index in [0.717, 1.165) is 19.5 Å². The van der Waals surface area contributed by atoms with Gasteiger partial charge in [0.1, 0.15) is 0 Å². The minimum atomic E-state index is -0.598. The Kier molecular flexibility index (Phi) is 7.46. The van der Waals surface area contributed by atoms with E-state index >= 15 is 0 Å². The quantitative estimate of drug-likeness (QED) is 0.534. The van der Waals surface area contributed by atoms with E-state index in [-0.39, 0.29) is 11.9 Å². The highest BCUT2D eigenvalue weighted by Gasteiger charge is 2.26. The summed E-state index contributed by atoms with van der Waals surface area (Å²) in [4.78, 5) is 2.34. The Hall–Kier alpha value is -2.13. The van der Waals surface area contributed by atoms with Gasteiger partial charge in [0, 0.05) is 25.0 Å². The van der Waals surface area contributed by atoms with Gasteiger partial charge in [0.2, 0.25) is 0 Å². The van der Waals surface area contributed by atoms with E-state index in [1.165, 1.54) is 16.7 Å².